The molecular weight excluding hydrogens is 599 g/mol. The second-order valence-electron chi connectivity index (χ2n) is 14.7. The van der Waals surface area contributed by atoms with Gasteiger partial charge in [0.05, 0.1) is 11.4 Å². The van der Waals surface area contributed by atoms with Crippen molar-refractivity contribution in [3.63, 3.8) is 0 Å². The van der Waals surface area contributed by atoms with Crippen molar-refractivity contribution in [3.8, 4) is 11.5 Å². The molecule has 49 heavy (non-hydrogen) atoms. The maximum atomic E-state index is 6.32. The van der Waals surface area contributed by atoms with E-state index in [2.05, 4.69) is 155 Å². The molecule has 5 aromatic rings. The zero-order chi connectivity index (χ0) is 34.4. The van der Waals surface area contributed by atoms with E-state index in [0.29, 0.717) is 23.7 Å². The molecule has 0 N–H and O–H groups in total. The van der Waals surface area contributed by atoms with Gasteiger partial charge in [-0.15, -0.1) is 0 Å². The molecule has 1 fully saturated rings. The number of hydrogen-bond acceptors (Lipinski definition) is 4. The standard InChI is InChI=1S/C45H50N3O/c1-29(2)35-15-13-16-36(30(3)4)43(35)46-27-28-47(44-37(31(5)6)17-14-18-38(44)32(7)8)45(46)33-23-25-34(26-24-33)48-39-19-9-11-21-41(39)49-42-22-12-10-20-40(42)48/h9-26,29-32H,27-28H2,1-8H3. The van der Waals surface area contributed by atoms with Crippen molar-refractivity contribution in [1.29, 1.82) is 0 Å². The van der Waals surface area contributed by atoms with Crippen LogP contribution in [0, 0.1) is 6.17 Å². The van der Waals surface area contributed by atoms with Crippen LogP contribution in [0.4, 0.5) is 28.4 Å². The Bertz CT molecular complexity index is 1770. The summed E-state index contributed by atoms with van der Waals surface area (Å²) in [6.07, 6.45) is 1.26. The van der Waals surface area contributed by atoms with Crippen LogP contribution in [0.25, 0.3) is 0 Å². The van der Waals surface area contributed by atoms with E-state index < -0.39 is 0 Å². The summed E-state index contributed by atoms with van der Waals surface area (Å²) < 4.78 is 6.32. The van der Waals surface area contributed by atoms with Gasteiger partial charge < -0.3 is 19.4 Å². The number of fused-ring (bicyclic) bond motifs is 2. The number of hydrogen-bond donors (Lipinski definition) is 0. The Morgan fingerprint density at radius 1 is 0.449 bits per heavy atom. The maximum Gasteiger partial charge on any atom is 0.187 e. The van der Waals surface area contributed by atoms with Gasteiger partial charge in [0, 0.05) is 35.7 Å². The van der Waals surface area contributed by atoms with Gasteiger partial charge in [0.25, 0.3) is 0 Å². The summed E-state index contributed by atoms with van der Waals surface area (Å²) in [6.45, 7) is 20.5. The van der Waals surface area contributed by atoms with Gasteiger partial charge in [-0.2, -0.15) is 0 Å². The summed E-state index contributed by atoms with van der Waals surface area (Å²) in [7, 11) is 0. The lowest BCUT2D eigenvalue weighted by Gasteiger charge is -2.37. The first-order valence-electron chi connectivity index (χ1n) is 18.1. The molecule has 7 rings (SSSR count). The molecule has 0 spiro atoms. The van der Waals surface area contributed by atoms with Crippen LogP contribution in [0.2, 0.25) is 0 Å². The van der Waals surface area contributed by atoms with E-state index in [9.17, 15) is 0 Å². The van der Waals surface area contributed by atoms with Gasteiger partial charge in [0.1, 0.15) is 0 Å². The van der Waals surface area contributed by atoms with Gasteiger partial charge in [0.15, 0.2) is 17.7 Å². The lowest BCUT2D eigenvalue weighted by molar-refractivity contribution is 0.477. The molecule has 5 aromatic carbocycles. The Morgan fingerprint density at radius 3 is 1.22 bits per heavy atom. The largest absolute Gasteiger partial charge is 0.453 e. The molecule has 0 aromatic heterocycles. The number of nitrogens with zero attached hydrogens (tertiary/aromatic N) is 3. The molecule has 251 valence electrons. The zero-order valence-electron chi connectivity index (χ0n) is 30.4. The second kappa shape index (κ2) is 13.3. The first kappa shape index (κ1) is 32.8. The average Bonchev–Trinajstić information content (AvgIpc) is 3.54. The van der Waals surface area contributed by atoms with Gasteiger partial charge in [-0.3, -0.25) is 0 Å². The number of anilines is 5. The number of rotatable bonds is 8. The Morgan fingerprint density at radius 2 is 0.837 bits per heavy atom. The van der Waals surface area contributed by atoms with Gasteiger partial charge in [-0.1, -0.05) is 128 Å². The average molecular weight is 649 g/mol. The predicted molar refractivity (Wildman–Crippen MR) is 207 cm³/mol. The molecule has 0 unspecified atom stereocenters. The van der Waals surface area contributed by atoms with Gasteiger partial charge in [-0.05, 0) is 82.3 Å². The number of para-hydroxylation sites is 6. The Kier molecular flexibility index (Phi) is 8.92. The molecule has 2 aliphatic rings. The molecule has 0 amide bonds. The van der Waals surface area contributed by atoms with Crippen LogP contribution >= 0.6 is 0 Å². The molecule has 2 heterocycles. The van der Waals surface area contributed by atoms with E-state index in [0.717, 1.165) is 41.7 Å². The van der Waals surface area contributed by atoms with Crippen molar-refractivity contribution in [1.82, 2.24) is 0 Å². The summed E-state index contributed by atoms with van der Waals surface area (Å²) in [4.78, 5) is 7.60. The van der Waals surface area contributed by atoms with Crippen molar-refractivity contribution < 1.29 is 4.74 Å². The van der Waals surface area contributed by atoms with Crippen molar-refractivity contribution in [2.75, 3.05) is 27.8 Å². The van der Waals surface area contributed by atoms with E-state index in [1.165, 1.54) is 45.4 Å². The molecule has 0 bridgehead atoms. The number of benzene rings is 5. The van der Waals surface area contributed by atoms with Crippen LogP contribution in [-0.4, -0.2) is 13.1 Å². The molecule has 0 saturated carbocycles. The maximum absolute atomic E-state index is 6.32. The van der Waals surface area contributed by atoms with Crippen molar-refractivity contribution in [3.05, 3.63) is 143 Å². The van der Waals surface area contributed by atoms with E-state index in [1.54, 1.807) is 0 Å². The summed E-state index contributed by atoms with van der Waals surface area (Å²) in [5.74, 6) is 3.35. The molecule has 4 nitrogen and oxygen atoms in total. The molecule has 1 radical (unpaired) electrons. The monoisotopic (exact) mass is 648 g/mol. The minimum atomic E-state index is 0.405. The Labute approximate surface area is 294 Å². The molecule has 1 saturated heterocycles. The van der Waals surface area contributed by atoms with Crippen LogP contribution < -0.4 is 19.4 Å². The SMILES string of the molecule is CC(C)c1cccc(C(C)C)c1N1CCN(c2c(C(C)C)cccc2C(C)C)[C]1c1ccc(N2c3ccccc3Oc3ccccc32)cc1. The van der Waals surface area contributed by atoms with Crippen LogP contribution in [0.5, 0.6) is 11.5 Å². The fraction of sp³-hybridized carbons (Fsp3) is 0.311. The quantitative estimate of drug-likeness (QED) is 0.163. The summed E-state index contributed by atoms with van der Waals surface area (Å²) in [5, 5.41) is 0. The van der Waals surface area contributed by atoms with Crippen LogP contribution in [-0.2, 0) is 0 Å². The lowest BCUT2D eigenvalue weighted by Crippen LogP contribution is -2.34. The van der Waals surface area contributed by atoms with Crippen LogP contribution in [0.1, 0.15) is 107 Å². The van der Waals surface area contributed by atoms with Crippen LogP contribution in [0.3, 0.4) is 0 Å². The Balaban J connectivity index is 1.40. The third kappa shape index (κ3) is 5.86. The highest BCUT2D eigenvalue weighted by atomic mass is 16.5. The lowest BCUT2D eigenvalue weighted by atomic mass is 9.90. The summed E-state index contributed by atoms with van der Waals surface area (Å²) in [5.41, 5.74) is 12.8. The fourth-order valence-electron chi connectivity index (χ4n) is 7.69. The highest BCUT2D eigenvalue weighted by Crippen LogP contribution is 2.51. The molecule has 2 aliphatic heterocycles. The third-order valence-electron chi connectivity index (χ3n) is 10.1. The minimum absolute atomic E-state index is 0.405. The molecule has 0 atom stereocenters. The third-order valence-corrected chi connectivity index (χ3v) is 10.1. The first-order chi connectivity index (χ1) is 23.7. The smallest absolute Gasteiger partial charge is 0.187 e. The van der Waals surface area contributed by atoms with Gasteiger partial charge in [0.2, 0.25) is 0 Å². The van der Waals surface area contributed by atoms with Crippen molar-refractivity contribution in [2.45, 2.75) is 79.1 Å². The highest BCUT2D eigenvalue weighted by Gasteiger charge is 2.40. The topological polar surface area (TPSA) is 19.0 Å². The van der Waals surface area contributed by atoms with Gasteiger partial charge >= 0.3 is 0 Å². The van der Waals surface area contributed by atoms with E-state index in [4.69, 9.17) is 4.74 Å². The van der Waals surface area contributed by atoms with Crippen molar-refractivity contribution in [2.24, 2.45) is 0 Å². The normalized spacial score (nSPS) is 14.7. The highest BCUT2D eigenvalue weighted by molar-refractivity contribution is 5.86. The molecule has 4 heteroatoms. The molecular formula is C45H50N3O. The Hall–Kier alpha value is -4.70. The summed E-state index contributed by atoms with van der Waals surface area (Å²) in [6, 6.07) is 39.7. The van der Waals surface area contributed by atoms with Crippen molar-refractivity contribution >= 4 is 28.4 Å². The molecule has 0 aliphatic carbocycles. The van der Waals surface area contributed by atoms with Crippen LogP contribution in [0.15, 0.2) is 109 Å². The minimum Gasteiger partial charge on any atom is -0.453 e. The van der Waals surface area contributed by atoms with E-state index in [1.807, 2.05) is 24.3 Å². The second-order valence-corrected chi connectivity index (χ2v) is 14.7. The summed E-state index contributed by atoms with van der Waals surface area (Å²) >= 11 is 0. The van der Waals surface area contributed by atoms with Gasteiger partial charge in [-0.25, -0.2) is 0 Å². The zero-order valence-corrected chi connectivity index (χ0v) is 30.4. The number of ether oxygens (including phenoxy) is 1. The first-order valence-corrected chi connectivity index (χ1v) is 18.1. The predicted octanol–water partition coefficient (Wildman–Crippen LogP) is 12.6. The van der Waals surface area contributed by atoms with E-state index in [-0.39, 0.29) is 0 Å². The van der Waals surface area contributed by atoms with E-state index >= 15 is 0 Å². The fourth-order valence-corrected chi connectivity index (χ4v) is 7.69.